The van der Waals surface area contributed by atoms with Crippen molar-refractivity contribution in [3.8, 4) is 5.75 Å². The maximum absolute atomic E-state index is 13.5. The molecular weight excluding hydrogens is 224 g/mol. The van der Waals surface area contributed by atoms with E-state index in [0.717, 1.165) is 12.8 Å². The van der Waals surface area contributed by atoms with Gasteiger partial charge in [0.1, 0.15) is 6.61 Å². The van der Waals surface area contributed by atoms with Gasteiger partial charge in [-0.3, -0.25) is 0 Å². The summed E-state index contributed by atoms with van der Waals surface area (Å²) in [6.45, 7) is 4.01. The van der Waals surface area contributed by atoms with Crippen molar-refractivity contribution in [1.29, 1.82) is 0 Å². The molecule has 1 aromatic rings. The van der Waals surface area contributed by atoms with E-state index in [1.165, 1.54) is 18.2 Å². The maximum atomic E-state index is 13.5. The van der Waals surface area contributed by atoms with E-state index < -0.39 is 11.6 Å². The molecule has 0 amide bonds. The third kappa shape index (κ3) is 3.27. The van der Waals surface area contributed by atoms with Gasteiger partial charge in [-0.2, -0.15) is 0 Å². The molecule has 4 heteroatoms. The molecule has 0 radical (unpaired) electrons. The summed E-state index contributed by atoms with van der Waals surface area (Å²) in [5, 5.41) is 3.20. The molecule has 1 N–H and O–H groups in total. The highest BCUT2D eigenvalue weighted by molar-refractivity contribution is 5.31. The second kappa shape index (κ2) is 5.27. The lowest BCUT2D eigenvalue weighted by Gasteiger charge is -2.09. The van der Waals surface area contributed by atoms with Gasteiger partial charge in [0.2, 0.25) is 0 Å². The average Bonchev–Trinajstić information content (AvgIpc) is 3.09. The highest BCUT2D eigenvalue weighted by atomic mass is 19.1. The first-order valence-corrected chi connectivity index (χ1v) is 5.65. The van der Waals surface area contributed by atoms with Gasteiger partial charge in [0.25, 0.3) is 0 Å². The minimum absolute atomic E-state index is 0.0908. The fourth-order valence-electron chi connectivity index (χ4n) is 1.54. The Hall–Kier alpha value is -1.42. The number of nitrogens with one attached hydrogen (secondary N) is 1. The van der Waals surface area contributed by atoms with Crippen LogP contribution in [0.4, 0.5) is 8.78 Å². The molecule has 17 heavy (non-hydrogen) atoms. The fraction of sp³-hybridized carbons (Fsp3) is 0.385. The molecule has 0 aromatic heterocycles. The Bertz CT molecular complexity index is 393. The van der Waals surface area contributed by atoms with Crippen LogP contribution in [0.3, 0.4) is 0 Å². The van der Waals surface area contributed by atoms with E-state index in [1.54, 1.807) is 0 Å². The Kier molecular flexibility index (Phi) is 3.74. The van der Waals surface area contributed by atoms with Crippen molar-refractivity contribution in [1.82, 2.24) is 5.32 Å². The molecule has 2 nitrogen and oxygen atoms in total. The largest absolute Gasteiger partial charge is 0.483 e. The van der Waals surface area contributed by atoms with Crippen LogP contribution in [0.15, 0.2) is 24.8 Å². The summed E-state index contributed by atoms with van der Waals surface area (Å²) < 4.78 is 32.0. The SMILES string of the molecule is C=CCOc1c(F)cc(CNC2CC2)cc1F. The summed E-state index contributed by atoms with van der Waals surface area (Å²) in [6, 6.07) is 3.12. The molecule has 0 aliphatic heterocycles. The predicted octanol–water partition coefficient (Wildman–Crippen LogP) is 2.78. The minimum Gasteiger partial charge on any atom is -0.483 e. The van der Waals surface area contributed by atoms with Crippen LogP contribution < -0.4 is 10.1 Å². The van der Waals surface area contributed by atoms with E-state index >= 15 is 0 Å². The van der Waals surface area contributed by atoms with Crippen LogP contribution in [0.25, 0.3) is 0 Å². The third-order valence-electron chi connectivity index (χ3n) is 2.58. The number of benzene rings is 1. The topological polar surface area (TPSA) is 21.3 Å². The normalized spacial score (nSPS) is 14.7. The minimum atomic E-state index is -0.667. The molecule has 0 atom stereocenters. The zero-order valence-electron chi connectivity index (χ0n) is 9.51. The molecule has 2 rings (SSSR count). The quantitative estimate of drug-likeness (QED) is 0.771. The van der Waals surface area contributed by atoms with Gasteiger partial charge in [0, 0.05) is 12.6 Å². The van der Waals surface area contributed by atoms with E-state index in [-0.39, 0.29) is 12.4 Å². The molecule has 1 aromatic carbocycles. The number of rotatable bonds is 6. The third-order valence-corrected chi connectivity index (χ3v) is 2.58. The zero-order valence-corrected chi connectivity index (χ0v) is 9.51. The van der Waals surface area contributed by atoms with Crippen LogP contribution in [-0.2, 0) is 6.54 Å². The first-order valence-electron chi connectivity index (χ1n) is 5.65. The van der Waals surface area contributed by atoms with E-state index in [1.807, 2.05) is 0 Å². The zero-order chi connectivity index (χ0) is 12.3. The van der Waals surface area contributed by atoms with E-state index in [4.69, 9.17) is 4.74 Å². The molecule has 1 aliphatic rings. The summed E-state index contributed by atoms with van der Waals surface area (Å²) in [5.41, 5.74) is 0.595. The molecule has 92 valence electrons. The molecule has 0 spiro atoms. The van der Waals surface area contributed by atoms with Gasteiger partial charge in [-0.15, -0.1) is 0 Å². The number of hydrogen-bond acceptors (Lipinski definition) is 2. The molecule has 1 aliphatic carbocycles. The number of halogens is 2. The van der Waals surface area contributed by atoms with Crippen molar-refractivity contribution in [2.45, 2.75) is 25.4 Å². The van der Waals surface area contributed by atoms with Crippen molar-refractivity contribution < 1.29 is 13.5 Å². The predicted molar refractivity (Wildman–Crippen MR) is 61.9 cm³/mol. The molecule has 1 fully saturated rings. The fourth-order valence-corrected chi connectivity index (χ4v) is 1.54. The van der Waals surface area contributed by atoms with Crippen LogP contribution in [0.2, 0.25) is 0 Å². The summed E-state index contributed by atoms with van der Waals surface area (Å²) >= 11 is 0. The van der Waals surface area contributed by atoms with Crippen molar-refractivity contribution in [3.63, 3.8) is 0 Å². The Morgan fingerprint density at radius 1 is 1.35 bits per heavy atom. The highest BCUT2D eigenvalue weighted by Gasteiger charge is 2.20. The summed E-state index contributed by atoms with van der Waals surface area (Å²) in [5.74, 6) is -1.67. The number of ether oxygens (including phenoxy) is 1. The lowest BCUT2D eigenvalue weighted by molar-refractivity contribution is 0.320. The van der Waals surface area contributed by atoms with Crippen LogP contribution in [-0.4, -0.2) is 12.6 Å². The average molecular weight is 239 g/mol. The summed E-state index contributed by atoms with van der Waals surface area (Å²) in [4.78, 5) is 0. The van der Waals surface area contributed by atoms with Crippen molar-refractivity contribution in [3.05, 3.63) is 42.0 Å². The van der Waals surface area contributed by atoms with Gasteiger partial charge >= 0.3 is 0 Å². The lowest BCUT2D eigenvalue weighted by atomic mass is 10.2. The van der Waals surface area contributed by atoms with E-state index in [0.29, 0.717) is 18.2 Å². The molecule has 1 saturated carbocycles. The van der Waals surface area contributed by atoms with Gasteiger partial charge in [-0.05, 0) is 30.5 Å². The molecule has 0 unspecified atom stereocenters. The van der Waals surface area contributed by atoms with E-state index in [9.17, 15) is 8.78 Å². The highest BCUT2D eigenvalue weighted by Crippen LogP contribution is 2.24. The number of hydrogen-bond donors (Lipinski definition) is 1. The second-order valence-electron chi connectivity index (χ2n) is 4.14. The van der Waals surface area contributed by atoms with Gasteiger partial charge in [-0.1, -0.05) is 12.7 Å². The van der Waals surface area contributed by atoms with Crippen LogP contribution in [0.1, 0.15) is 18.4 Å². The van der Waals surface area contributed by atoms with Crippen molar-refractivity contribution in [2.24, 2.45) is 0 Å². The monoisotopic (exact) mass is 239 g/mol. The summed E-state index contributed by atoms with van der Waals surface area (Å²) in [6.07, 6.45) is 3.73. The molecule has 0 saturated heterocycles. The smallest absolute Gasteiger partial charge is 0.191 e. The Labute approximate surface area is 99.3 Å². The maximum Gasteiger partial charge on any atom is 0.191 e. The van der Waals surface area contributed by atoms with Crippen molar-refractivity contribution >= 4 is 0 Å². The van der Waals surface area contributed by atoms with Crippen molar-refractivity contribution in [2.75, 3.05) is 6.61 Å². The van der Waals surface area contributed by atoms with Gasteiger partial charge < -0.3 is 10.1 Å². The Morgan fingerprint density at radius 2 is 2.00 bits per heavy atom. The van der Waals surface area contributed by atoms with Crippen LogP contribution >= 0.6 is 0 Å². The van der Waals surface area contributed by atoms with Gasteiger partial charge in [-0.25, -0.2) is 8.78 Å². The standard InChI is InChI=1S/C13H15F2NO/c1-2-5-17-13-11(14)6-9(7-12(13)15)8-16-10-3-4-10/h2,6-7,10,16H,1,3-5,8H2. The summed E-state index contributed by atoms with van der Waals surface area (Å²) in [7, 11) is 0. The molecule has 0 heterocycles. The first kappa shape index (κ1) is 12.0. The first-order chi connectivity index (χ1) is 8.20. The van der Waals surface area contributed by atoms with Gasteiger partial charge in [0.05, 0.1) is 0 Å². The van der Waals surface area contributed by atoms with Crippen LogP contribution in [0.5, 0.6) is 5.75 Å². The Balaban J connectivity index is 2.06. The lowest BCUT2D eigenvalue weighted by Crippen LogP contribution is -2.15. The Morgan fingerprint density at radius 3 is 2.53 bits per heavy atom. The molecule has 0 bridgehead atoms. The van der Waals surface area contributed by atoms with E-state index in [2.05, 4.69) is 11.9 Å². The van der Waals surface area contributed by atoms with Crippen LogP contribution in [0, 0.1) is 11.6 Å². The molecular formula is C13H15F2NO. The van der Waals surface area contributed by atoms with Gasteiger partial charge in [0.15, 0.2) is 17.4 Å². The second-order valence-corrected chi connectivity index (χ2v) is 4.14.